The average molecular weight is 962 g/mol. The molecule has 0 saturated heterocycles. The van der Waals surface area contributed by atoms with Gasteiger partial charge in [0.25, 0.3) is 0 Å². The fourth-order valence-corrected chi connectivity index (χ4v) is 7.92. The van der Waals surface area contributed by atoms with Crippen molar-refractivity contribution >= 4 is 17.9 Å². The number of rotatable bonds is 52. The molecule has 1 atom stereocenters. The van der Waals surface area contributed by atoms with Crippen LogP contribution in [0.15, 0.2) is 85.1 Å². The minimum absolute atomic E-state index is 0.104. The maximum Gasteiger partial charge on any atom is 0.306 e. The maximum atomic E-state index is 12.8. The zero-order valence-electron chi connectivity index (χ0n) is 45.3. The Morgan fingerprint density at radius 1 is 0.290 bits per heavy atom. The third-order valence-corrected chi connectivity index (χ3v) is 12.3. The third-order valence-electron chi connectivity index (χ3n) is 12.3. The summed E-state index contributed by atoms with van der Waals surface area (Å²) in [6.45, 7) is 6.52. The Labute approximate surface area is 426 Å². The van der Waals surface area contributed by atoms with Crippen LogP contribution in [-0.4, -0.2) is 37.2 Å². The minimum atomic E-state index is -0.813. The fraction of sp³-hybridized carbons (Fsp3) is 0.730. The van der Waals surface area contributed by atoms with Crippen LogP contribution in [0.4, 0.5) is 0 Å². The molecule has 0 aliphatic heterocycles. The van der Waals surface area contributed by atoms with Crippen LogP contribution in [-0.2, 0) is 28.6 Å². The number of hydrogen-bond acceptors (Lipinski definition) is 6. The van der Waals surface area contributed by atoms with E-state index in [1.807, 2.05) is 0 Å². The van der Waals surface area contributed by atoms with E-state index >= 15 is 0 Å². The van der Waals surface area contributed by atoms with E-state index in [1.165, 1.54) is 154 Å². The number of ether oxygens (including phenoxy) is 3. The Balaban J connectivity index is 4.43. The van der Waals surface area contributed by atoms with Crippen LogP contribution in [0.25, 0.3) is 0 Å². The molecule has 0 N–H and O–H groups in total. The van der Waals surface area contributed by atoms with Crippen molar-refractivity contribution in [1.29, 1.82) is 0 Å². The molecule has 0 radical (unpaired) electrons. The van der Waals surface area contributed by atoms with Gasteiger partial charge in [0.05, 0.1) is 0 Å². The molecule has 0 amide bonds. The second kappa shape index (κ2) is 57.2. The van der Waals surface area contributed by atoms with Crippen molar-refractivity contribution in [2.24, 2.45) is 0 Å². The van der Waals surface area contributed by atoms with Crippen molar-refractivity contribution in [2.45, 2.75) is 284 Å². The molecule has 0 rings (SSSR count). The number of allylic oxidation sites excluding steroid dienone is 14. The van der Waals surface area contributed by atoms with Crippen LogP contribution in [0.1, 0.15) is 278 Å². The van der Waals surface area contributed by atoms with Gasteiger partial charge in [-0.3, -0.25) is 14.4 Å². The van der Waals surface area contributed by atoms with Crippen LogP contribution in [0.3, 0.4) is 0 Å². The summed E-state index contributed by atoms with van der Waals surface area (Å²) >= 11 is 0. The third kappa shape index (κ3) is 55.4. The molecular formula is C63H108O6. The first-order valence-electron chi connectivity index (χ1n) is 29.1. The highest BCUT2D eigenvalue weighted by molar-refractivity contribution is 5.71. The Kier molecular flexibility index (Phi) is 54.3. The van der Waals surface area contributed by atoms with Crippen molar-refractivity contribution in [1.82, 2.24) is 0 Å². The number of hydrogen-bond donors (Lipinski definition) is 0. The molecule has 0 unspecified atom stereocenters. The molecule has 0 aliphatic carbocycles. The van der Waals surface area contributed by atoms with Gasteiger partial charge >= 0.3 is 17.9 Å². The van der Waals surface area contributed by atoms with Crippen LogP contribution in [0.2, 0.25) is 0 Å². The first kappa shape index (κ1) is 65.6. The van der Waals surface area contributed by atoms with E-state index in [0.29, 0.717) is 19.3 Å². The molecule has 0 saturated carbocycles. The average Bonchev–Trinajstić information content (AvgIpc) is 3.35. The Morgan fingerprint density at radius 3 is 0.884 bits per heavy atom. The zero-order valence-corrected chi connectivity index (χ0v) is 45.3. The summed E-state index contributed by atoms with van der Waals surface area (Å²) in [5, 5.41) is 0. The summed E-state index contributed by atoms with van der Waals surface area (Å²) in [6, 6.07) is 0. The highest BCUT2D eigenvalue weighted by atomic mass is 16.6. The topological polar surface area (TPSA) is 78.9 Å². The van der Waals surface area contributed by atoms with Crippen LogP contribution in [0, 0.1) is 0 Å². The number of esters is 3. The monoisotopic (exact) mass is 961 g/mol. The van der Waals surface area contributed by atoms with Gasteiger partial charge in [-0.1, -0.05) is 221 Å². The van der Waals surface area contributed by atoms with E-state index in [-0.39, 0.29) is 37.5 Å². The molecule has 0 heterocycles. The molecule has 0 aromatic carbocycles. The lowest BCUT2D eigenvalue weighted by atomic mass is 10.0. The Morgan fingerprint density at radius 2 is 0.522 bits per heavy atom. The van der Waals surface area contributed by atoms with Gasteiger partial charge in [0, 0.05) is 19.3 Å². The fourth-order valence-electron chi connectivity index (χ4n) is 7.92. The van der Waals surface area contributed by atoms with E-state index in [4.69, 9.17) is 14.2 Å². The predicted molar refractivity (Wildman–Crippen MR) is 297 cm³/mol. The van der Waals surface area contributed by atoms with Gasteiger partial charge in [-0.15, -0.1) is 0 Å². The standard InChI is InChI=1S/C63H108O6/c1-4-7-10-13-16-19-22-25-28-29-30-31-32-33-36-38-41-44-47-50-53-56-62(65)68-59-60(69-63(66)57-54-51-48-45-42-39-35-27-24-21-18-15-12-9-6-3)58-67-61(64)55-52-49-46-43-40-37-34-26-23-20-17-14-11-8-5-2/h17-18,20-21,25-28,34-35,40,42-43,45,60H,4-16,19,22-24,29-33,36-39,41,44,46-59H2,1-3H3/b20-17-,21-18-,28-25-,34-26-,35-27-,43-40-,45-42-/t60-/m1/s1. The SMILES string of the molecule is CCCCC/C=C\C/C=C\C/C=C\CCCCC(=O)OC[C@H](COC(=O)CCCCCCCCCCCCC/C=C\CCCCCCCC)OC(=O)CCCC/C=C\C/C=C\C/C=C\CCCCC. The van der Waals surface area contributed by atoms with Gasteiger partial charge in [0.1, 0.15) is 13.2 Å². The largest absolute Gasteiger partial charge is 0.462 e. The number of carbonyl (C=O) groups excluding carboxylic acids is 3. The normalized spacial score (nSPS) is 12.7. The molecule has 0 fully saturated rings. The highest BCUT2D eigenvalue weighted by Crippen LogP contribution is 2.15. The molecule has 0 spiro atoms. The zero-order chi connectivity index (χ0) is 50.0. The van der Waals surface area contributed by atoms with E-state index in [1.54, 1.807) is 0 Å². The molecule has 0 aliphatic rings. The summed E-state index contributed by atoms with van der Waals surface area (Å²) < 4.78 is 16.8. The smallest absolute Gasteiger partial charge is 0.306 e. The molecular weight excluding hydrogens is 853 g/mol. The van der Waals surface area contributed by atoms with E-state index in [2.05, 4.69) is 106 Å². The van der Waals surface area contributed by atoms with Gasteiger partial charge < -0.3 is 14.2 Å². The number of unbranched alkanes of at least 4 members (excludes halogenated alkanes) is 27. The lowest BCUT2D eigenvalue weighted by Crippen LogP contribution is -2.30. The highest BCUT2D eigenvalue weighted by Gasteiger charge is 2.19. The van der Waals surface area contributed by atoms with Crippen molar-refractivity contribution in [3.63, 3.8) is 0 Å². The molecule has 0 aromatic rings. The first-order valence-corrected chi connectivity index (χ1v) is 29.1. The van der Waals surface area contributed by atoms with E-state index in [0.717, 1.165) is 77.0 Å². The van der Waals surface area contributed by atoms with Crippen molar-refractivity contribution < 1.29 is 28.6 Å². The van der Waals surface area contributed by atoms with Crippen LogP contribution in [0.5, 0.6) is 0 Å². The second-order valence-electron chi connectivity index (χ2n) is 19.2. The summed E-state index contributed by atoms with van der Waals surface area (Å²) in [5.74, 6) is -0.979. The first-order chi connectivity index (χ1) is 34.0. The summed E-state index contributed by atoms with van der Waals surface area (Å²) in [6.07, 6.45) is 74.4. The second-order valence-corrected chi connectivity index (χ2v) is 19.2. The molecule has 396 valence electrons. The van der Waals surface area contributed by atoms with Gasteiger partial charge in [0.15, 0.2) is 6.10 Å². The van der Waals surface area contributed by atoms with E-state index < -0.39 is 6.10 Å². The predicted octanol–water partition coefficient (Wildman–Crippen LogP) is 19.5. The molecule has 69 heavy (non-hydrogen) atoms. The van der Waals surface area contributed by atoms with E-state index in [9.17, 15) is 14.4 Å². The molecule has 6 heteroatoms. The summed E-state index contributed by atoms with van der Waals surface area (Å²) in [4.78, 5) is 38.1. The van der Waals surface area contributed by atoms with Crippen LogP contribution >= 0.6 is 0 Å². The molecule has 6 nitrogen and oxygen atoms in total. The van der Waals surface area contributed by atoms with Gasteiger partial charge in [-0.25, -0.2) is 0 Å². The summed E-state index contributed by atoms with van der Waals surface area (Å²) in [7, 11) is 0. The number of carbonyl (C=O) groups is 3. The van der Waals surface area contributed by atoms with Gasteiger partial charge in [-0.2, -0.15) is 0 Å². The van der Waals surface area contributed by atoms with Crippen molar-refractivity contribution in [2.75, 3.05) is 13.2 Å². The van der Waals surface area contributed by atoms with Gasteiger partial charge in [-0.05, 0) is 122 Å². The van der Waals surface area contributed by atoms with Crippen LogP contribution < -0.4 is 0 Å². The lowest BCUT2D eigenvalue weighted by Gasteiger charge is -2.18. The quantitative estimate of drug-likeness (QED) is 0.0262. The maximum absolute atomic E-state index is 12.8. The summed E-state index contributed by atoms with van der Waals surface area (Å²) in [5.41, 5.74) is 0. The van der Waals surface area contributed by atoms with Gasteiger partial charge in [0.2, 0.25) is 0 Å². The van der Waals surface area contributed by atoms with Crippen molar-refractivity contribution in [3.8, 4) is 0 Å². The molecule has 0 aromatic heterocycles. The Hall–Kier alpha value is -3.41. The minimum Gasteiger partial charge on any atom is -0.462 e. The Bertz CT molecular complexity index is 1330. The lowest BCUT2D eigenvalue weighted by molar-refractivity contribution is -0.167. The van der Waals surface area contributed by atoms with Crippen molar-refractivity contribution in [3.05, 3.63) is 85.1 Å². The molecule has 0 bridgehead atoms.